The van der Waals surface area contributed by atoms with Gasteiger partial charge in [-0.2, -0.15) is 0 Å². The van der Waals surface area contributed by atoms with Gasteiger partial charge in [-0.05, 0) is 37.6 Å². The molecule has 2 N–H and O–H groups in total. The summed E-state index contributed by atoms with van der Waals surface area (Å²) in [5.74, 6) is -0.747. The Morgan fingerprint density at radius 2 is 1.56 bits per heavy atom. The molecule has 0 heterocycles. The number of aryl methyl sites for hydroxylation is 2. The molecule has 1 unspecified atom stereocenters. The van der Waals surface area contributed by atoms with E-state index < -0.39 is 17.9 Å². The lowest BCUT2D eigenvalue weighted by Gasteiger charge is -2.17. The van der Waals surface area contributed by atoms with Crippen LogP contribution in [0.3, 0.4) is 0 Å². The summed E-state index contributed by atoms with van der Waals surface area (Å²) >= 11 is 0. The van der Waals surface area contributed by atoms with Gasteiger partial charge in [0, 0.05) is 5.56 Å². The Hall–Kier alpha value is -3.02. The molecule has 0 saturated heterocycles. The first-order valence-corrected chi connectivity index (χ1v) is 7.69. The maximum Gasteiger partial charge on any atom is 0.330 e. The van der Waals surface area contributed by atoms with Crippen molar-refractivity contribution in [3.63, 3.8) is 0 Å². The minimum atomic E-state index is -1.14. The quantitative estimate of drug-likeness (QED) is 0.842. The van der Waals surface area contributed by atoms with Gasteiger partial charge < -0.3 is 19.9 Å². The van der Waals surface area contributed by atoms with Gasteiger partial charge in [0.15, 0.2) is 17.5 Å². The van der Waals surface area contributed by atoms with Gasteiger partial charge in [-0.1, -0.05) is 29.3 Å². The first kappa shape index (κ1) is 18.3. The third kappa shape index (κ3) is 4.29. The molecule has 0 aliphatic carbocycles. The number of aliphatic carboxylic acids is 1. The van der Waals surface area contributed by atoms with Crippen LogP contribution in [0.1, 0.15) is 33.1 Å². The Labute approximate surface area is 146 Å². The van der Waals surface area contributed by atoms with Gasteiger partial charge in [0.25, 0.3) is 5.91 Å². The van der Waals surface area contributed by atoms with Crippen molar-refractivity contribution >= 4 is 11.9 Å². The molecule has 1 atom stereocenters. The Morgan fingerprint density at radius 1 is 0.960 bits per heavy atom. The Kier molecular flexibility index (Phi) is 5.64. The van der Waals surface area contributed by atoms with E-state index in [-0.39, 0.29) is 5.56 Å². The van der Waals surface area contributed by atoms with E-state index in [1.165, 1.54) is 20.3 Å². The van der Waals surface area contributed by atoms with Crippen molar-refractivity contribution in [1.82, 2.24) is 5.32 Å². The summed E-state index contributed by atoms with van der Waals surface area (Å²) in [6.45, 7) is 3.76. The van der Waals surface area contributed by atoms with Crippen LogP contribution in [0.2, 0.25) is 0 Å². The second-order valence-electron chi connectivity index (χ2n) is 5.74. The number of benzene rings is 2. The number of carbonyl (C=O) groups excluding carboxylic acids is 1. The van der Waals surface area contributed by atoms with Gasteiger partial charge in [-0.25, -0.2) is 4.79 Å². The number of ether oxygens (including phenoxy) is 2. The lowest BCUT2D eigenvalue weighted by Crippen LogP contribution is -2.33. The van der Waals surface area contributed by atoms with Crippen LogP contribution in [-0.4, -0.2) is 31.2 Å². The lowest BCUT2D eigenvalue weighted by atomic mass is 10.0. The molecule has 2 rings (SSSR count). The van der Waals surface area contributed by atoms with E-state index in [9.17, 15) is 14.7 Å². The summed E-state index contributed by atoms with van der Waals surface area (Å²) in [5.41, 5.74) is 2.68. The first-order valence-electron chi connectivity index (χ1n) is 7.69. The minimum absolute atomic E-state index is 0.285. The third-order valence-electron chi connectivity index (χ3n) is 3.75. The SMILES string of the molecule is COc1ccc(C(=O)NC(C(=O)O)c2cc(C)cc(C)c2)cc1OC. The van der Waals surface area contributed by atoms with Crippen molar-refractivity contribution < 1.29 is 24.2 Å². The second-order valence-corrected chi connectivity index (χ2v) is 5.74. The highest BCUT2D eigenvalue weighted by Gasteiger charge is 2.23. The van der Waals surface area contributed by atoms with E-state index in [2.05, 4.69) is 5.32 Å². The zero-order valence-electron chi connectivity index (χ0n) is 14.6. The summed E-state index contributed by atoms with van der Waals surface area (Å²) in [6.07, 6.45) is 0. The molecule has 0 fully saturated rings. The number of hydrogen-bond acceptors (Lipinski definition) is 4. The van der Waals surface area contributed by atoms with Crippen LogP contribution in [0.25, 0.3) is 0 Å². The molecule has 0 radical (unpaired) electrons. The average molecular weight is 343 g/mol. The first-order chi connectivity index (χ1) is 11.8. The number of amides is 1. The number of nitrogens with one attached hydrogen (secondary N) is 1. The maximum absolute atomic E-state index is 12.5. The third-order valence-corrected chi connectivity index (χ3v) is 3.75. The van der Waals surface area contributed by atoms with Gasteiger partial charge in [-0.3, -0.25) is 4.79 Å². The molecule has 0 aliphatic rings. The topological polar surface area (TPSA) is 84.9 Å². The molecule has 0 spiro atoms. The Balaban J connectivity index is 2.31. The van der Waals surface area contributed by atoms with Gasteiger partial charge in [0.05, 0.1) is 14.2 Å². The minimum Gasteiger partial charge on any atom is -0.493 e. The smallest absolute Gasteiger partial charge is 0.330 e. The summed E-state index contributed by atoms with van der Waals surface area (Å²) in [5, 5.41) is 12.1. The average Bonchev–Trinajstić information content (AvgIpc) is 2.57. The molecule has 6 nitrogen and oxygen atoms in total. The Bertz CT molecular complexity index is 780. The highest BCUT2D eigenvalue weighted by Crippen LogP contribution is 2.28. The van der Waals surface area contributed by atoms with Crippen molar-refractivity contribution in [3.05, 3.63) is 58.7 Å². The molecule has 1 amide bonds. The zero-order chi connectivity index (χ0) is 18.6. The summed E-state index contributed by atoms with van der Waals surface area (Å²) in [7, 11) is 2.97. The fourth-order valence-electron chi connectivity index (χ4n) is 2.66. The number of carboxylic acids is 1. The summed E-state index contributed by atoms with van der Waals surface area (Å²) in [6, 6.07) is 8.96. The fraction of sp³-hybridized carbons (Fsp3) is 0.263. The van der Waals surface area contributed by atoms with Crippen molar-refractivity contribution in [2.24, 2.45) is 0 Å². The number of rotatable bonds is 6. The molecule has 132 valence electrons. The predicted octanol–water partition coefficient (Wildman–Crippen LogP) is 2.88. The molecule has 0 aliphatic heterocycles. The number of methoxy groups -OCH3 is 2. The Morgan fingerprint density at radius 3 is 2.08 bits per heavy atom. The molecule has 25 heavy (non-hydrogen) atoms. The normalized spacial score (nSPS) is 11.5. The van der Waals surface area contributed by atoms with Crippen molar-refractivity contribution in [2.45, 2.75) is 19.9 Å². The zero-order valence-corrected chi connectivity index (χ0v) is 14.6. The summed E-state index contributed by atoms with van der Waals surface area (Å²) in [4.78, 5) is 24.2. The predicted molar refractivity (Wildman–Crippen MR) is 93.3 cm³/mol. The monoisotopic (exact) mass is 343 g/mol. The van der Waals surface area contributed by atoms with Crippen LogP contribution < -0.4 is 14.8 Å². The maximum atomic E-state index is 12.5. The standard InChI is InChI=1S/C19H21NO5/c1-11-7-12(2)9-14(8-11)17(19(22)23)20-18(21)13-5-6-15(24-3)16(10-13)25-4/h5-10,17H,1-4H3,(H,20,21)(H,22,23). The number of carboxylic acid groups (broad SMARTS) is 1. The number of carbonyl (C=O) groups is 2. The van der Waals surface area contributed by atoms with Crippen molar-refractivity contribution in [1.29, 1.82) is 0 Å². The molecule has 2 aromatic rings. The van der Waals surface area contributed by atoms with E-state index in [1.807, 2.05) is 19.9 Å². The van der Waals surface area contributed by atoms with Gasteiger partial charge in [-0.15, -0.1) is 0 Å². The van der Waals surface area contributed by atoms with E-state index in [1.54, 1.807) is 24.3 Å². The molecular weight excluding hydrogens is 322 g/mol. The number of hydrogen-bond donors (Lipinski definition) is 2. The van der Waals surface area contributed by atoms with E-state index in [0.717, 1.165) is 11.1 Å². The van der Waals surface area contributed by atoms with Crippen molar-refractivity contribution in [3.8, 4) is 11.5 Å². The second kappa shape index (κ2) is 7.70. The van der Waals surface area contributed by atoms with Gasteiger partial charge in [0.1, 0.15) is 0 Å². The van der Waals surface area contributed by atoms with Crippen LogP contribution in [-0.2, 0) is 4.79 Å². The summed E-state index contributed by atoms with van der Waals surface area (Å²) < 4.78 is 10.3. The molecular formula is C19H21NO5. The van der Waals surface area contributed by atoms with Crippen LogP contribution in [0.15, 0.2) is 36.4 Å². The molecule has 6 heteroatoms. The molecule has 0 saturated carbocycles. The molecule has 0 bridgehead atoms. The van der Waals surface area contributed by atoms with Crippen LogP contribution >= 0.6 is 0 Å². The van der Waals surface area contributed by atoms with Crippen LogP contribution in [0.5, 0.6) is 11.5 Å². The van der Waals surface area contributed by atoms with E-state index in [4.69, 9.17) is 9.47 Å². The van der Waals surface area contributed by atoms with Crippen LogP contribution in [0.4, 0.5) is 0 Å². The van der Waals surface area contributed by atoms with Gasteiger partial charge >= 0.3 is 5.97 Å². The molecule has 0 aromatic heterocycles. The van der Waals surface area contributed by atoms with Crippen LogP contribution in [0, 0.1) is 13.8 Å². The molecule has 2 aromatic carbocycles. The van der Waals surface area contributed by atoms with E-state index >= 15 is 0 Å². The highest BCUT2D eigenvalue weighted by atomic mass is 16.5. The van der Waals surface area contributed by atoms with Crippen molar-refractivity contribution in [2.75, 3.05) is 14.2 Å². The highest BCUT2D eigenvalue weighted by molar-refractivity contribution is 5.97. The van der Waals surface area contributed by atoms with E-state index in [0.29, 0.717) is 17.1 Å². The fourth-order valence-corrected chi connectivity index (χ4v) is 2.66. The largest absolute Gasteiger partial charge is 0.493 e. The van der Waals surface area contributed by atoms with Gasteiger partial charge in [0.2, 0.25) is 0 Å². The lowest BCUT2D eigenvalue weighted by molar-refractivity contribution is -0.139.